The van der Waals surface area contributed by atoms with Gasteiger partial charge in [-0.1, -0.05) is 31.5 Å². The van der Waals surface area contributed by atoms with Crippen LogP contribution >= 0.6 is 0 Å². The Labute approximate surface area is 194 Å². The third kappa shape index (κ3) is 4.87. The molecule has 0 spiro atoms. The fourth-order valence-corrected chi connectivity index (χ4v) is 4.74. The molecule has 2 heterocycles. The highest BCUT2D eigenvalue weighted by atomic mass is 16.5. The minimum atomic E-state index is -0.500. The van der Waals surface area contributed by atoms with Crippen LogP contribution in [0.1, 0.15) is 50.6 Å². The van der Waals surface area contributed by atoms with Gasteiger partial charge in [-0.3, -0.25) is 14.4 Å². The van der Waals surface area contributed by atoms with Crippen molar-refractivity contribution in [2.75, 3.05) is 30.4 Å². The van der Waals surface area contributed by atoms with E-state index < -0.39 is 5.92 Å². The lowest BCUT2D eigenvalue weighted by atomic mass is 9.92. The molecule has 2 aliphatic rings. The molecule has 2 aromatic rings. The molecule has 0 saturated carbocycles. The smallest absolute Gasteiger partial charge is 0.230 e. The second-order valence-electron chi connectivity index (χ2n) is 8.66. The Morgan fingerprint density at radius 2 is 1.91 bits per heavy atom. The number of unbranched alkanes of at least 4 members (excludes halogenated alkanes) is 1. The number of methoxy groups -OCH3 is 1. The summed E-state index contributed by atoms with van der Waals surface area (Å²) in [6.45, 7) is 3.41. The van der Waals surface area contributed by atoms with Crippen LogP contribution in [0.25, 0.3) is 0 Å². The van der Waals surface area contributed by atoms with Gasteiger partial charge < -0.3 is 19.9 Å². The van der Waals surface area contributed by atoms with E-state index in [2.05, 4.69) is 12.2 Å². The van der Waals surface area contributed by atoms with Gasteiger partial charge in [0.25, 0.3) is 0 Å². The van der Waals surface area contributed by atoms with Gasteiger partial charge in [0, 0.05) is 37.3 Å². The molecule has 4 rings (SSSR count). The Bertz CT molecular complexity index is 1020. The molecule has 0 aromatic heterocycles. The maximum Gasteiger partial charge on any atom is 0.230 e. The van der Waals surface area contributed by atoms with Gasteiger partial charge in [-0.15, -0.1) is 0 Å². The fourth-order valence-electron chi connectivity index (χ4n) is 4.74. The number of nitrogens with zero attached hydrogens (tertiary/aromatic N) is 2. The third-order valence-corrected chi connectivity index (χ3v) is 6.48. The van der Waals surface area contributed by atoms with E-state index in [9.17, 15) is 14.4 Å². The van der Waals surface area contributed by atoms with Gasteiger partial charge >= 0.3 is 0 Å². The zero-order chi connectivity index (χ0) is 23.4. The van der Waals surface area contributed by atoms with E-state index in [0.29, 0.717) is 25.2 Å². The minimum absolute atomic E-state index is 0.000771. The van der Waals surface area contributed by atoms with Crippen LogP contribution in [0, 0.1) is 5.92 Å². The number of amides is 3. The minimum Gasteiger partial charge on any atom is -0.497 e. The molecule has 0 bridgehead atoms. The van der Waals surface area contributed by atoms with Crippen LogP contribution in [0.15, 0.2) is 48.5 Å². The highest BCUT2D eigenvalue weighted by molar-refractivity contribution is 5.99. The monoisotopic (exact) mass is 449 g/mol. The predicted octanol–water partition coefficient (Wildman–Crippen LogP) is 4.15. The number of nitrogens with one attached hydrogen (secondary N) is 1. The first-order chi connectivity index (χ1) is 16.0. The van der Waals surface area contributed by atoms with Crippen molar-refractivity contribution >= 4 is 29.1 Å². The number of carbonyl (C=O) groups excluding carboxylic acids is 3. The van der Waals surface area contributed by atoms with Gasteiger partial charge in [-0.25, -0.2) is 0 Å². The number of hydrogen-bond donors (Lipinski definition) is 1. The topological polar surface area (TPSA) is 79.0 Å². The predicted molar refractivity (Wildman–Crippen MR) is 127 cm³/mol. The molecule has 0 aliphatic carbocycles. The summed E-state index contributed by atoms with van der Waals surface area (Å²) in [6, 6.07) is 14.6. The molecular formula is C26H31N3O4. The first-order valence-corrected chi connectivity index (χ1v) is 11.7. The van der Waals surface area contributed by atoms with E-state index >= 15 is 0 Å². The van der Waals surface area contributed by atoms with Crippen LogP contribution in [0.3, 0.4) is 0 Å². The van der Waals surface area contributed by atoms with Gasteiger partial charge in [-0.05, 0) is 48.7 Å². The molecule has 3 amide bonds. The van der Waals surface area contributed by atoms with E-state index in [1.807, 2.05) is 53.4 Å². The average molecular weight is 450 g/mol. The maximum absolute atomic E-state index is 13.4. The second kappa shape index (κ2) is 10.1. The molecule has 33 heavy (non-hydrogen) atoms. The summed E-state index contributed by atoms with van der Waals surface area (Å²) in [5.41, 5.74) is 2.34. The zero-order valence-corrected chi connectivity index (χ0v) is 19.3. The molecule has 1 N–H and O–H groups in total. The van der Waals surface area contributed by atoms with Gasteiger partial charge in [0.15, 0.2) is 0 Å². The Hall–Kier alpha value is -3.35. The molecule has 174 valence electrons. The van der Waals surface area contributed by atoms with Crippen LogP contribution in [-0.4, -0.2) is 42.8 Å². The van der Waals surface area contributed by atoms with E-state index in [4.69, 9.17) is 4.74 Å². The maximum atomic E-state index is 13.4. The van der Waals surface area contributed by atoms with Crippen molar-refractivity contribution in [3.05, 3.63) is 54.1 Å². The largest absolute Gasteiger partial charge is 0.497 e. The number of benzene rings is 2. The summed E-state index contributed by atoms with van der Waals surface area (Å²) in [6.07, 6.45) is 3.43. The van der Waals surface area contributed by atoms with Crippen LogP contribution in [0.5, 0.6) is 5.75 Å². The van der Waals surface area contributed by atoms with Gasteiger partial charge in [0.1, 0.15) is 5.75 Å². The van der Waals surface area contributed by atoms with Gasteiger partial charge in [-0.2, -0.15) is 0 Å². The highest BCUT2D eigenvalue weighted by Gasteiger charge is 2.44. The zero-order valence-electron chi connectivity index (χ0n) is 19.3. The number of hydrogen-bond acceptors (Lipinski definition) is 4. The SMILES string of the molecule is CCCCN1C(=O)C[C@@H](C(=O)Nc2cccc(N3CCCC3=O)c2)[C@H]1c1ccc(OC)cc1. The van der Waals surface area contributed by atoms with Crippen molar-refractivity contribution in [2.45, 2.75) is 45.1 Å². The lowest BCUT2D eigenvalue weighted by Gasteiger charge is -2.28. The number of ether oxygens (including phenoxy) is 1. The van der Waals surface area contributed by atoms with E-state index in [0.717, 1.165) is 36.3 Å². The second-order valence-corrected chi connectivity index (χ2v) is 8.66. The van der Waals surface area contributed by atoms with E-state index in [1.165, 1.54) is 0 Å². The summed E-state index contributed by atoms with van der Waals surface area (Å²) in [7, 11) is 1.61. The third-order valence-electron chi connectivity index (χ3n) is 6.48. The molecule has 2 aliphatic heterocycles. The van der Waals surface area contributed by atoms with E-state index in [-0.39, 0.29) is 30.2 Å². The standard InChI is InChI=1S/C26H31N3O4/c1-3-4-14-29-24(31)17-22(25(29)18-10-12-21(33-2)13-11-18)26(32)27-19-7-5-8-20(16-19)28-15-6-9-23(28)30/h5,7-8,10-13,16,22,25H,3-4,6,9,14-15,17H2,1-2H3,(H,27,32)/t22-,25-/m1/s1. The van der Waals surface area contributed by atoms with Crippen molar-refractivity contribution in [3.8, 4) is 5.75 Å². The Kier molecular flexibility index (Phi) is 6.96. The number of carbonyl (C=O) groups is 3. The fraction of sp³-hybridized carbons (Fsp3) is 0.423. The van der Waals surface area contributed by atoms with Crippen molar-refractivity contribution < 1.29 is 19.1 Å². The molecule has 2 aromatic carbocycles. The molecule has 7 nitrogen and oxygen atoms in total. The Balaban J connectivity index is 1.57. The summed E-state index contributed by atoms with van der Waals surface area (Å²) in [5, 5.41) is 3.00. The normalized spacial score (nSPS) is 20.4. The highest BCUT2D eigenvalue weighted by Crippen LogP contribution is 2.39. The van der Waals surface area contributed by atoms with Crippen LogP contribution in [0.2, 0.25) is 0 Å². The first kappa shape index (κ1) is 22.8. The lowest BCUT2D eigenvalue weighted by Crippen LogP contribution is -2.33. The van der Waals surface area contributed by atoms with Crippen molar-refractivity contribution in [1.29, 1.82) is 0 Å². The van der Waals surface area contributed by atoms with Gasteiger partial charge in [0.2, 0.25) is 17.7 Å². The molecule has 0 unspecified atom stereocenters. The van der Waals surface area contributed by atoms with Crippen molar-refractivity contribution in [3.63, 3.8) is 0 Å². The Morgan fingerprint density at radius 3 is 2.58 bits per heavy atom. The van der Waals surface area contributed by atoms with Crippen LogP contribution in [-0.2, 0) is 14.4 Å². The van der Waals surface area contributed by atoms with Gasteiger partial charge in [0.05, 0.1) is 19.1 Å². The van der Waals surface area contributed by atoms with Crippen molar-refractivity contribution in [2.24, 2.45) is 5.92 Å². The van der Waals surface area contributed by atoms with Crippen LogP contribution in [0.4, 0.5) is 11.4 Å². The van der Waals surface area contributed by atoms with E-state index in [1.54, 1.807) is 12.0 Å². The lowest BCUT2D eigenvalue weighted by molar-refractivity contribution is -0.129. The molecular weight excluding hydrogens is 418 g/mol. The number of likely N-dealkylation sites (tertiary alicyclic amines) is 1. The molecule has 7 heteroatoms. The van der Waals surface area contributed by atoms with Crippen LogP contribution < -0.4 is 15.0 Å². The summed E-state index contributed by atoms with van der Waals surface area (Å²) >= 11 is 0. The Morgan fingerprint density at radius 1 is 1.12 bits per heavy atom. The molecule has 2 saturated heterocycles. The molecule has 2 fully saturated rings. The molecule has 2 atom stereocenters. The first-order valence-electron chi connectivity index (χ1n) is 11.7. The summed E-state index contributed by atoms with van der Waals surface area (Å²) < 4.78 is 5.27. The number of rotatable bonds is 8. The average Bonchev–Trinajstić information content (AvgIpc) is 3.40. The number of anilines is 2. The quantitative estimate of drug-likeness (QED) is 0.657. The summed E-state index contributed by atoms with van der Waals surface area (Å²) in [5.74, 6) is 0.150. The summed E-state index contributed by atoms with van der Waals surface area (Å²) in [4.78, 5) is 42.0. The van der Waals surface area contributed by atoms with Crippen molar-refractivity contribution in [1.82, 2.24) is 4.90 Å². The molecule has 0 radical (unpaired) electrons.